The molecule has 0 aliphatic rings. The van der Waals surface area contributed by atoms with Gasteiger partial charge in [0.25, 0.3) is 0 Å². The minimum atomic E-state index is -2.03. The maximum atomic E-state index is 12.2. The van der Waals surface area contributed by atoms with Crippen molar-refractivity contribution in [1.82, 2.24) is 10.6 Å². The lowest BCUT2D eigenvalue weighted by molar-refractivity contribution is -0.378. The van der Waals surface area contributed by atoms with E-state index in [4.69, 9.17) is 37.9 Å². The SMILES string of the molecule is CCCCNC(=O)OCCCOC(O)(NCCCC)OCCCOC(O)c1ccc(OC(=O)OC(C)(C)C)c(OCCOC)c1. The molecule has 1 aromatic carbocycles. The first-order valence-electron chi connectivity index (χ1n) is 15.5. The summed E-state index contributed by atoms with van der Waals surface area (Å²) in [4.78, 5) is 23.8. The number of aliphatic hydroxyl groups is 2. The summed E-state index contributed by atoms with van der Waals surface area (Å²) >= 11 is 0. The topological polar surface area (TPSA) is 172 Å². The van der Waals surface area contributed by atoms with E-state index in [2.05, 4.69) is 10.6 Å². The monoisotopic (exact) mass is 646 g/mol. The van der Waals surface area contributed by atoms with Crippen LogP contribution in [0.4, 0.5) is 9.59 Å². The second-order valence-electron chi connectivity index (χ2n) is 11.0. The average Bonchev–Trinajstić information content (AvgIpc) is 2.97. The Bertz CT molecular complexity index is 959. The molecule has 0 bridgehead atoms. The van der Waals surface area contributed by atoms with Gasteiger partial charge in [0.05, 0.1) is 33.0 Å². The number of hydrogen-bond acceptors (Lipinski definition) is 13. The van der Waals surface area contributed by atoms with Gasteiger partial charge >= 0.3 is 18.3 Å². The van der Waals surface area contributed by atoms with Gasteiger partial charge in [-0.2, -0.15) is 0 Å². The number of carbonyl (C=O) groups is 2. The van der Waals surface area contributed by atoms with Crippen molar-refractivity contribution in [1.29, 1.82) is 0 Å². The van der Waals surface area contributed by atoms with E-state index in [1.807, 2.05) is 13.8 Å². The van der Waals surface area contributed by atoms with Crippen LogP contribution in [-0.4, -0.2) is 94.0 Å². The third-order valence-corrected chi connectivity index (χ3v) is 5.74. The molecule has 0 heterocycles. The number of nitrogens with one attached hydrogen (secondary N) is 2. The summed E-state index contributed by atoms with van der Waals surface area (Å²) in [7, 11) is 1.53. The van der Waals surface area contributed by atoms with Gasteiger partial charge in [-0.15, -0.1) is 0 Å². The summed E-state index contributed by atoms with van der Waals surface area (Å²) in [6, 6.07) is 4.51. The maximum Gasteiger partial charge on any atom is 0.514 e. The zero-order valence-electron chi connectivity index (χ0n) is 27.7. The molecule has 14 heteroatoms. The van der Waals surface area contributed by atoms with Gasteiger partial charge in [0.2, 0.25) is 0 Å². The van der Waals surface area contributed by atoms with Gasteiger partial charge < -0.3 is 53.4 Å². The Balaban J connectivity index is 2.60. The molecule has 2 atom stereocenters. The molecule has 260 valence electrons. The highest BCUT2D eigenvalue weighted by atomic mass is 16.8. The van der Waals surface area contributed by atoms with Gasteiger partial charge in [0, 0.05) is 32.2 Å². The van der Waals surface area contributed by atoms with E-state index in [1.165, 1.54) is 25.3 Å². The Morgan fingerprint density at radius 3 is 2.18 bits per heavy atom. The first-order chi connectivity index (χ1) is 21.4. The molecule has 0 radical (unpaired) electrons. The minimum Gasteiger partial charge on any atom is -0.487 e. The van der Waals surface area contributed by atoms with E-state index in [1.54, 1.807) is 20.8 Å². The highest BCUT2D eigenvalue weighted by Gasteiger charge is 2.28. The number of amides is 1. The second-order valence-corrected chi connectivity index (χ2v) is 11.0. The molecule has 1 amide bonds. The predicted molar refractivity (Wildman–Crippen MR) is 165 cm³/mol. The largest absolute Gasteiger partial charge is 0.514 e. The van der Waals surface area contributed by atoms with Crippen LogP contribution in [0.25, 0.3) is 0 Å². The number of rotatable bonds is 24. The summed E-state index contributed by atoms with van der Waals surface area (Å²) in [6.45, 7) is 11.0. The number of alkyl carbamates (subject to hydrolysis) is 1. The van der Waals surface area contributed by atoms with Gasteiger partial charge in [0.15, 0.2) is 17.8 Å². The van der Waals surface area contributed by atoms with E-state index >= 15 is 0 Å². The molecule has 0 aliphatic heterocycles. The lowest BCUT2D eigenvalue weighted by Gasteiger charge is -2.28. The number of benzene rings is 1. The van der Waals surface area contributed by atoms with E-state index in [9.17, 15) is 19.8 Å². The zero-order chi connectivity index (χ0) is 33.6. The molecule has 0 aliphatic carbocycles. The molecule has 14 nitrogen and oxygen atoms in total. The van der Waals surface area contributed by atoms with Crippen LogP contribution < -0.4 is 20.1 Å². The molecule has 1 rings (SSSR count). The lowest BCUT2D eigenvalue weighted by atomic mass is 10.2. The normalized spacial score (nSPS) is 13.5. The van der Waals surface area contributed by atoms with Crippen molar-refractivity contribution in [2.45, 2.75) is 91.1 Å². The fourth-order valence-electron chi connectivity index (χ4n) is 3.45. The molecule has 0 aromatic heterocycles. The predicted octanol–water partition coefficient (Wildman–Crippen LogP) is 4.37. The molecule has 2 unspecified atom stereocenters. The molecule has 0 saturated heterocycles. The first kappa shape index (κ1) is 40.3. The van der Waals surface area contributed by atoms with E-state index < -0.39 is 30.2 Å². The van der Waals surface area contributed by atoms with Crippen LogP contribution in [0.15, 0.2) is 18.2 Å². The Labute approximate surface area is 266 Å². The van der Waals surface area contributed by atoms with E-state index in [-0.39, 0.29) is 44.5 Å². The number of ether oxygens (including phenoxy) is 8. The number of methoxy groups -OCH3 is 1. The highest BCUT2D eigenvalue weighted by molar-refractivity contribution is 5.67. The van der Waals surface area contributed by atoms with Crippen molar-refractivity contribution in [2.24, 2.45) is 0 Å². The number of carbonyl (C=O) groups excluding carboxylic acids is 2. The van der Waals surface area contributed by atoms with Crippen LogP contribution in [0.2, 0.25) is 0 Å². The quantitative estimate of drug-likeness (QED) is 0.0540. The molecule has 1 aromatic rings. The van der Waals surface area contributed by atoms with Crippen LogP contribution in [-0.2, 0) is 28.4 Å². The highest BCUT2D eigenvalue weighted by Crippen LogP contribution is 2.32. The smallest absolute Gasteiger partial charge is 0.487 e. The van der Waals surface area contributed by atoms with Crippen molar-refractivity contribution >= 4 is 12.2 Å². The summed E-state index contributed by atoms with van der Waals surface area (Å²) in [5.41, 5.74) is -0.376. The van der Waals surface area contributed by atoms with Crippen LogP contribution in [0.3, 0.4) is 0 Å². The van der Waals surface area contributed by atoms with E-state index in [0.717, 1.165) is 25.7 Å². The van der Waals surface area contributed by atoms with Crippen molar-refractivity contribution in [2.75, 3.05) is 59.8 Å². The summed E-state index contributed by atoms with van der Waals surface area (Å²) < 4.78 is 42.9. The fraction of sp³-hybridized carbons (Fsp3) is 0.742. The Morgan fingerprint density at radius 2 is 1.53 bits per heavy atom. The lowest BCUT2D eigenvalue weighted by Crippen LogP contribution is -2.51. The van der Waals surface area contributed by atoms with Crippen molar-refractivity contribution in [3.05, 3.63) is 23.8 Å². The zero-order valence-corrected chi connectivity index (χ0v) is 27.7. The third-order valence-electron chi connectivity index (χ3n) is 5.74. The van der Waals surface area contributed by atoms with Gasteiger partial charge in [-0.3, -0.25) is 0 Å². The maximum absolute atomic E-state index is 12.2. The Hall–Kier alpha value is -2.72. The first-order valence-corrected chi connectivity index (χ1v) is 15.5. The van der Waals surface area contributed by atoms with Crippen molar-refractivity contribution in [3.8, 4) is 11.5 Å². The van der Waals surface area contributed by atoms with Gasteiger partial charge in [-0.05, 0) is 58.2 Å². The fourth-order valence-corrected chi connectivity index (χ4v) is 3.45. The number of hydrogen-bond donors (Lipinski definition) is 4. The molecule has 0 spiro atoms. The van der Waals surface area contributed by atoms with E-state index in [0.29, 0.717) is 38.1 Å². The number of aliphatic hydroxyl groups excluding tert-OH is 1. The van der Waals surface area contributed by atoms with Crippen LogP contribution >= 0.6 is 0 Å². The Kier molecular flexibility index (Phi) is 20.4. The second kappa shape index (κ2) is 22.7. The van der Waals surface area contributed by atoms with Crippen LogP contribution in [0.5, 0.6) is 11.5 Å². The molecular formula is C31H54N2O12. The summed E-state index contributed by atoms with van der Waals surface area (Å²) in [5, 5.41) is 26.9. The average molecular weight is 647 g/mol. The van der Waals surface area contributed by atoms with Crippen LogP contribution in [0.1, 0.15) is 85.0 Å². The van der Waals surface area contributed by atoms with Gasteiger partial charge in [-0.1, -0.05) is 26.7 Å². The van der Waals surface area contributed by atoms with Gasteiger partial charge in [0.1, 0.15) is 12.2 Å². The number of unbranched alkanes of at least 4 members (excludes halogenated alkanes) is 2. The third kappa shape index (κ3) is 19.4. The molecule has 0 saturated carbocycles. The minimum absolute atomic E-state index is 0.0483. The standard InChI is InChI=1S/C31H54N2O12/c1-7-9-15-32-28(35)41-18-12-20-43-31(37,33-16-10-8-2)42-19-11-17-40-27(34)24-13-14-25(26(23-24)39-22-21-38-6)44-29(36)45-30(3,4)5/h13-14,23,27,33-34,37H,7-12,15-22H2,1-6H3,(H,32,35). The molecule has 45 heavy (non-hydrogen) atoms. The molecule has 4 N–H and O–H groups in total. The van der Waals surface area contributed by atoms with Crippen molar-refractivity contribution < 1.29 is 57.7 Å². The van der Waals surface area contributed by atoms with Crippen LogP contribution in [0, 0.1) is 0 Å². The molecule has 0 fully saturated rings. The Morgan fingerprint density at radius 1 is 0.867 bits per heavy atom. The summed E-state index contributed by atoms with van der Waals surface area (Å²) in [6.07, 6.45) is -0.509. The molecular weight excluding hydrogens is 592 g/mol. The summed E-state index contributed by atoms with van der Waals surface area (Å²) in [5.74, 6) is 0.311. The van der Waals surface area contributed by atoms with Crippen molar-refractivity contribution in [3.63, 3.8) is 0 Å². The van der Waals surface area contributed by atoms with Gasteiger partial charge in [-0.25, -0.2) is 14.9 Å².